The molecule has 50 heavy (non-hydrogen) atoms. The summed E-state index contributed by atoms with van der Waals surface area (Å²) in [6.07, 6.45) is 1.87. The molecule has 6 aromatic carbocycles. The molecule has 0 fully saturated rings. The number of fused-ring (bicyclic) bond motifs is 10. The molecule has 6 heteroatoms. The predicted octanol–water partition coefficient (Wildman–Crippen LogP) is 11.9. The summed E-state index contributed by atoms with van der Waals surface area (Å²) < 4.78 is 16.1. The Bertz CT molecular complexity index is 3230. The van der Waals surface area contributed by atoms with Gasteiger partial charge in [-0.25, -0.2) is 4.98 Å². The summed E-state index contributed by atoms with van der Waals surface area (Å²) in [5.41, 5.74) is 8.17. The molecule has 0 bridgehead atoms. The summed E-state index contributed by atoms with van der Waals surface area (Å²) in [7, 11) is 0. The van der Waals surface area contributed by atoms with Crippen molar-refractivity contribution in [1.29, 1.82) is 0 Å². The van der Waals surface area contributed by atoms with Crippen LogP contribution < -0.4 is 5.43 Å². The Labute approximate surface area is 287 Å². The van der Waals surface area contributed by atoms with Crippen molar-refractivity contribution in [3.8, 4) is 28.1 Å². The van der Waals surface area contributed by atoms with Crippen molar-refractivity contribution in [1.82, 2.24) is 9.55 Å². The lowest BCUT2D eigenvalue weighted by Crippen LogP contribution is -2.02. The van der Waals surface area contributed by atoms with Crippen molar-refractivity contribution in [2.75, 3.05) is 0 Å². The maximum absolute atomic E-state index is 13.7. The van der Waals surface area contributed by atoms with Gasteiger partial charge in [0.05, 0.1) is 16.4 Å². The second-order valence-corrected chi connectivity index (χ2v) is 13.7. The van der Waals surface area contributed by atoms with E-state index in [0.717, 1.165) is 71.0 Å². The number of hydrogen-bond acceptors (Lipinski definition) is 5. The number of thiophene rings is 1. The lowest BCUT2D eigenvalue weighted by Gasteiger charge is -2.10. The molecular formula is C44H24N2O3S. The molecule has 0 amide bonds. The third kappa shape index (κ3) is 3.94. The normalized spacial score (nSPS) is 12.1. The summed E-state index contributed by atoms with van der Waals surface area (Å²) in [5.74, 6) is 0.534. The third-order valence-electron chi connectivity index (χ3n) is 9.90. The van der Waals surface area contributed by atoms with Crippen LogP contribution in [0.2, 0.25) is 0 Å². The van der Waals surface area contributed by atoms with Crippen LogP contribution in [0.4, 0.5) is 0 Å². The van der Waals surface area contributed by atoms with Crippen molar-refractivity contribution in [2.24, 2.45) is 0 Å². The van der Waals surface area contributed by atoms with Crippen LogP contribution in [0.25, 0.3) is 103 Å². The van der Waals surface area contributed by atoms with Crippen LogP contribution in [0, 0.1) is 0 Å². The first-order valence-corrected chi connectivity index (χ1v) is 17.3. The summed E-state index contributed by atoms with van der Waals surface area (Å²) in [4.78, 5) is 19.4. The van der Waals surface area contributed by atoms with Crippen molar-refractivity contribution >= 4 is 86.4 Å². The predicted molar refractivity (Wildman–Crippen MR) is 206 cm³/mol. The molecule has 0 aliphatic heterocycles. The first-order chi connectivity index (χ1) is 24.7. The van der Waals surface area contributed by atoms with Gasteiger partial charge < -0.3 is 13.4 Å². The zero-order valence-electron chi connectivity index (χ0n) is 26.4. The minimum Gasteiger partial charge on any atom is -0.456 e. The topological polar surface area (TPSA) is 61.2 Å². The fraction of sp³-hybridized carbons (Fsp3) is 0. The van der Waals surface area contributed by atoms with E-state index in [1.165, 1.54) is 15.5 Å². The minimum atomic E-state index is -0.0896. The third-order valence-corrected chi connectivity index (χ3v) is 11.0. The largest absolute Gasteiger partial charge is 0.456 e. The first-order valence-electron chi connectivity index (χ1n) is 16.5. The molecule has 234 valence electrons. The number of pyridine rings is 1. The standard InChI is InChI=1S/C44H24N2O3S/c47-37-24-40(26-15-13-25(14-16-26)28-19-20-45-44-43(28)31-9-3-6-12-42(31)50-44)48-39-18-17-27(21-34(37)39)46-35-10-4-1-7-29(35)32-22-33-30-8-2-5-11-38(30)49-41(33)23-36(32)46/h1-24H. The van der Waals surface area contributed by atoms with Gasteiger partial charge in [-0.3, -0.25) is 4.79 Å². The molecule has 0 aliphatic carbocycles. The summed E-state index contributed by atoms with van der Waals surface area (Å²) >= 11 is 1.71. The number of aromatic nitrogens is 2. The van der Waals surface area contributed by atoms with E-state index in [-0.39, 0.29) is 5.43 Å². The molecule has 0 saturated carbocycles. The number of nitrogens with zero attached hydrogens (tertiary/aromatic N) is 2. The molecule has 0 saturated heterocycles. The Balaban J connectivity index is 1.02. The molecule has 11 aromatic rings. The molecule has 0 N–H and O–H groups in total. The molecule has 0 unspecified atom stereocenters. The van der Waals surface area contributed by atoms with E-state index in [9.17, 15) is 4.79 Å². The van der Waals surface area contributed by atoms with Crippen molar-refractivity contribution in [2.45, 2.75) is 0 Å². The van der Waals surface area contributed by atoms with Gasteiger partial charge in [0.25, 0.3) is 0 Å². The number of benzene rings is 6. The van der Waals surface area contributed by atoms with Gasteiger partial charge >= 0.3 is 0 Å². The van der Waals surface area contributed by atoms with Gasteiger partial charge in [-0.05, 0) is 59.7 Å². The molecule has 0 radical (unpaired) electrons. The van der Waals surface area contributed by atoms with Crippen molar-refractivity contribution in [3.63, 3.8) is 0 Å². The highest BCUT2D eigenvalue weighted by atomic mass is 32.1. The average Bonchev–Trinajstić information content (AvgIpc) is 3.83. The maximum Gasteiger partial charge on any atom is 0.193 e. The van der Waals surface area contributed by atoms with E-state index < -0.39 is 0 Å². The maximum atomic E-state index is 13.7. The Morgan fingerprint density at radius 3 is 2.20 bits per heavy atom. The van der Waals surface area contributed by atoms with E-state index in [2.05, 4.69) is 88.4 Å². The zero-order valence-corrected chi connectivity index (χ0v) is 27.2. The monoisotopic (exact) mass is 660 g/mol. The van der Waals surface area contributed by atoms with Gasteiger partial charge in [0.2, 0.25) is 0 Å². The van der Waals surface area contributed by atoms with Gasteiger partial charge in [-0.2, -0.15) is 0 Å². The highest BCUT2D eigenvalue weighted by molar-refractivity contribution is 7.25. The van der Waals surface area contributed by atoms with Gasteiger partial charge in [0.1, 0.15) is 27.3 Å². The number of rotatable bonds is 3. The van der Waals surface area contributed by atoms with Crippen LogP contribution in [0.15, 0.2) is 159 Å². The van der Waals surface area contributed by atoms with E-state index in [0.29, 0.717) is 16.7 Å². The second-order valence-electron chi connectivity index (χ2n) is 12.7. The zero-order chi connectivity index (χ0) is 32.9. The van der Waals surface area contributed by atoms with E-state index in [1.807, 2.05) is 60.8 Å². The van der Waals surface area contributed by atoms with Crippen LogP contribution in [0.3, 0.4) is 0 Å². The number of hydrogen-bond donors (Lipinski definition) is 0. The van der Waals surface area contributed by atoms with Gasteiger partial charge in [0.15, 0.2) is 5.43 Å². The van der Waals surface area contributed by atoms with Crippen LogP contribution in [-0.2, 0) is 0 Å². The first kappa shape index (κ1) is 27.5. The fourth-order valence-electron chi connectivity index (χ4n) is 7.59. The van der Waals surface area contributed by atoms with Crippen LogP contribution in [0.5, 0.6) is 0 Å². The Kier molecular flexibility index (Phi) is 5.63. The minimum absolute atomic E-state index is 0.0896. The highest BCUT2D eigenvalue weighted by Gasteiger charge is 2.18. The smallest absolute Gasteiger partial charge is 0.193 e. The summed E-state index contributed by atoms with van der Waals surface area (Å²) in [5, 5.41) is 7.36. The second kappa shape index (κ2) is 10.3. The van der Waals surface area contributed by atoms with Crippen molar-refractivity contribution < 1.29 is 8.83 Å². The number of para-hydroxylation sites is 2. The van der Waals surface area contributed by atoms with Crippen LogP contribution in [-0.4, -0.2) is 9.55 Å². The fourth-order valence-corrected chi connectivity index (χ4v) is 8.66. The molecule has 5 nitrogen and oxygen atoms in total. The molecule has 0 atom stereocenters. The summed E-state index contributed by atoms with van der Waals surface area (Å²) in [6, 6.07) is 47.0. The Morgan fingerprint density at radius 2 is 1.30 bits per heavy atom. The van der Waals surface area contributed by atoms with E-state index in [1.54, 1.807) is 17.4 Å². The number of furan rings is 1. The highest BCUT2D eigenvalue weighted by Crippen LogP contribution is 2.40. The van der Waals surface area contributed by atoms with Gasteiger partial charge in [-0.1, -0.05) is 78.9 Å². The quantitative estimate of drug-likeness (QED) is 0.189. The average molecular weight is 661 g/mol. The molecule has 5 heterocycles. The summed E-state index contributed by atoms with van der Waals surface area (Å²) in [6.45, 7) is 0. The molecule has 0 aliphatic rings. The van der Waals surface area contributed by atoms with Gasteiger partial charge in [0, 0.05) is 66.6 Å². The Morgan fingerprint density at radius 1 is 0.540 bits per heavy atom. The van der Waals surface area contributed by atoms with Crippen LogP contribution >= 0.6 is 11.3 Å². The molecule has 11 rings (SSSR count). The molecule has 5 aromatic heterocycles. The molecule has 0 spiro atoms. The Hall–Kier alpha value is -6.50. The van der Waals surface area contributed by atoms with Crippen molar-refractivity contribution in [3.05, 3.63) is 156 Å². The lowest BCUT2D eigenvalue weighted by atomic mass is 9.99. The molecular weight excluding hydrogens is 637 g/mol. The SMILES string of the molecule is O=c1cc(-c2ccc(-c3ccnc4sc5ccccc5c34)cc2)oc2ccc(-n3c4ccccc4c4cc5c(cc43)oc3ccccc35)cc12. The van der Waals surface area contributed by atoms with Gasteiger partial charge in [-0.15, -0.1) is 11.3 Å². The van der Waals surface area contributed by atoms with E-state index >= 15 is 0 Å². The lowest BCUT2D eigenvalue weighted by molar-refractivity contribution is 0.619. The van der Waals surface area contributed by atoms with Crippen LogP contribution in [0.1, 0.15) is 0 Å². The van der Waals surface area contributed by atoms with E-state index in [4.69, 9.17) is 8.83 Å².